The van der Waals surface area contributed by atoms with Gasteiger partial charge in [0.25, 0.3) is 0 Å². The van der Waals surface area contributed by atoms with Gasteiger partial charge in [-0.2, -0.15) is 0 Å². The van der Waals surface area contributed by atoms with E-state index in [2.05, 4.69) is 0 Å². The van der Waals surface area contributed by atoms with Crippen molar-refractivity contribution in [3.05, 3.63) is 51.0 Å². The number of benzene rings is 1. The molecule has 0 fully saturated rings. The molecule has 0 N–H and O–H groups in total. The third kappa shape index (κ3) is 2.89. The molecule has 0 aliphatic carbocycles. The number of nitro groups is 1. The van der Waals surface area contributed by atoms with E-state index >= 15 is 0 Å². The predicted molar refractivity (Wildman–Crippen MR) is 60.9 cm³/mol. The zero-order valence-electron chi connectivity index (χ0n) is 9.53. The van der Waals surface area contributed by atoms with E-state index < -0.39 is 10.7 Å². The van der Waals surface area contributed by atoms with Crippen molar-refractivity contribution in [1.29, 1.82) is 0 Å². The summed E-state index contributed by atoms with van der Waals surface area (Å²) in [5, 5.41) is 10.8. The van der Waals surface area contributed by atoms with Crippen molar-refractivity contribution < 1.29 is 9.31 Å². The fraction of sp³-hybridized carbons (Fsp3) is 0.333. The van der Waals surface area contributed by atoms with E-state index in [0.29, 0.717) is 0 Å². The fourth-order valence-corrected chi connectivity index (χ4v) is 1.36. The third-order valence-corrected chi connectivity index (χ3v) is 2.26. The minimum Gasteiger partial charge on any atom is -0.259 e. The first-order valence-electron chi connectivity index (χ1n) is 5.04. The molecule has 86 valence electrons. The third-order valence-electron chi connectivity index (χ3n) is 2.26. The number of nitrogens with zero attached hydrogens (tertiary/aromatic N) is 1. The van der Waals surface area contributed by atoms with Crippen molar-refractivity contribution in [1.82, 2.24) is 0 Å². The van der Waals surface area contributed by atoms with Crippen molar-refractivity contribution in [2.45, 2.75) is 20.8 Å². The van der Waals surface area contributed by atoms with E-state index in [0.717, 1.165) is 5.56 Å². The summed E-state index contributed by atoms with van der Waals surface area (Å²) in [4.78, 5) is 10.3. The van der Waals surface area contributed by atoms with E-state index in [1.165, 1.54) is 12.1 Å². The van der Waals surface area contributed by atoms with Crippen LogP contribution < -0.4 is 0 Å². The Morgan fingerprint density at radius 2 is 2.12 bits per heavy atom. The van der Waals surface area contributed by atoms with Gasteiger partial charge in [0.15, 0.2) is 0 Å². The van der Waals surface area contributed by atoms with Crippen molar-refractivity contribution in [2.75, 3.05) is 0 Å². The van der Waals surface area contributed by atoms with Gasteiger partial charge in [0.1, 0.15) is 5.82 Å². The maximum Gasteiger partial charge on any atom is 0.249 e. The summed E-state index contributed by atoms with van der Waals surface area (Å²) in [5.74, 6) is -0.680. The molecule has 0 saturated heterocycles. The first-order valence-corrected chi connectivity index (χ1v) is 5.04. The van der Waals surface area contributed by atoms with E-state index in [1.807, 2.05) is 6.92 Å². The molecule has 0 saturated carbocycles. The molecule has 1 aromatic rings. The van der Waals surface area contributed by atoms with E-state index in [1.54, 1.807) is 26.0 Å². The lowest BCUT2D eigenvalue weighted by Crippen LogP contribution is -2.05. The highest BCUT2D eigenvalue weighted by molar-refractivity contribution is 5.53. The molecule has 4 heteroatoms. The molecule has 0 aromatic heterocycles. The zero-order valence-corrected chi connectivity index (χ0v) is 9.53. The lowest BCUT2D eigenvalue weighted by atomic mass is 10.1. The molecule has 0 bridgehead atoms. The lowest BCUT2D eigenvalue weighted by molar-refractivity contribution is -0.431. The molecule has 0 atom stereocenters. The van der Waals surface area contributed by atoms with Crippen LogP contribution in [0, 0.1) is 28.8 Å². The Kier molecular flexibility index (Phi) is 3.77. The molecule has 3 nitrogen and oxygen atoms in total. The summed E-state index contributed by atoms with van der Waals surface area (Å²) in [6, 6.07) is 4.55. The molecule has 1 aromatic carbocycles. The summed E-state index contributed by atoms with van der Waals surface area (Å²) in [6.07, 6.45) is 1.30. The molecule has 0 aliphatic heterocycles. The topological polar surface area (TPSA) is 43.1 Å². The molecule has 0 radical (unpaired) electrons. The van der Waals surface area contributed by atoms with Crippen LogP contribution in [0.3, 0.4) is 0 Å². The monoisotopic (exact) mass is 223 g/mol. The zero-order chi connectivity index (χ0) is 12.3. The van der Waals surface area contributed by atoms with Gasteiger partial charge in [0, 0.05) is 17.6 Å². The SMILES string of the molecule is Cc1ccc(F)c(/C=C(/C(C)C)[N+](=O)[O-])c1. The number of hydrogen-bond donors (Lipinski definition) is 0. The summed E-state index contributed by atoms with van der Waals surface area (Å²) in [6.45, 7) is 5.24. The molecular weight excluding hydrogens is 209 g/mol. The van der Waals surface area contributed by atoms with Crippen molar-refractivity contribution in [3.63, 3.8) is 0 Å². The number of allylic oxidation sites excluding steroid dienone is 1. The van der Waals surface area contributed by atoms with Crippen LogP contribution in [0.15, 0.2) is 23.9 Å². The van der Waals surface area contributed by atoms with Crippen LogP contribution in [0.25, 0.3) is 6.08 Å². The molecular formula is C12H14FNO2. The summed E-state index contributed by atoms with van der Waals surface area (Å²) in [7, 11) is 0. The number of aryl methyl sites for hydroxylation is 1. The Balaban J connectivity index is 3.22. The molecule has 0 heterocycles. The summed E-state index contributed by atoms with van der Waals surface area (Å²) < 4.78 is 13.4. The molecule has 0 unspecified atom stereocenters. The largest absolute Gasteiger partial charge is 0.259 e. The van der Waals surface area contributed by atoms with Crippen LogP contribution in [-0.4, -0.2) is 4.92 Å². The first kappa shape index (κ1) is 12.4. The lowest BCUT2D eigenvalue weighted by Gasteiger charge is -2.03. The van der Waals surface area contributed by atoms with Gasteiger partial charge < -0.3 is 0 Å². The molecule has 0 spiro atoms. The summed E-state index contributed by atoms with van der Waals surface area (Å²) in [5.41, 5.74) is 1.16. The second kappa shape index (κ2) is 4.88. The van der Waals surface area contributed by atoms with Gasteiger partial charge in [-0.25, -0.2) is 4.39 Å². The number of hydrogen-bond acceptors (Lipinski definition) is 2. The van der Waals surface area contributed by atoms with Crippen LogP contribution >= 0.6 is 0 Å². The minimum atomic E-state index is -0.466. The maximum atomic E-state index is 13.4. The fourth-order valence-electron chi connectivity index (χ4n) is 1.36. The highest BCUT2D eigenvalue weighted by Crippen LogP contribution is 2.18. The second-order valence-electron chi connectivity index (χ2n) is 4.01. The normalized spacial score (nSPS) is 11.9. The van der Waals surface area contributed by atoms with Gasteiger partial charge in [-0.05, 0) is 19.1 Å². The van der Waals surface area contributed by atoms with Gasteiger partial charge in [0.05, 0.1) is 4.92 Å². The van der Waals surface area contributed by atoms with Crippen LogP contribution in [0.5, 0.6) is 0 Å². The van der Waals surface area contributed by atoms with Crippen LogP contribution in [0.1, 0.15) is 25.0 Å². The number of rotatable bonds is 3. The van der Waals surface area contributed by atoms with Crippen LogP contribution in [-0.2, 0) is 0 Å². The average molecular weight is 223 g/mol. The van der Waals surface area contributed by atoms with Crippen molar-refractivity contribution in [3.8, 4) is 0 Å². The molecule has 0 aliphatic rings. The standard InChI is InChI=1S/C12H14FNO2/c1-8(2)12(14(15)16)7-10-6-9(3)4-5-11(10)13/h4-8H,1-3H3/b12-7-. The van der Waals surface area contributed by atoms with E-state index in [9.17, 15) is 14.5 Å². The van der Waals surface area contributed by atoms with E-state index in [-0.39, 0.29) is 17.2 Å². The Morgan fingerprint density at radius 3 is 2.62 bits per heavy atom. The van der Waals surface area contributed by atoms with Crippen molar-refractivity contribution in [2.24, 2.45) is 5.92 Å². The van der Waals surface area contributed by atoms with Gasteiger partial charge >= 0.3 is 0 Å². The van der Waals surface area contributed by atoms with Crippen molar-refractivity contribution >= 4 is 6.08 Å². The Labute approximate surface area is 93.7 Å². The van der Waals surface area contributed by atoms with Gasteiger partial charge in [-0.3, -0.25) is 10.1 Å². The Morgan fingerprint density at radius 1 is 1.50 bits per heavy atom. The quantitative estimate of drug-likeness (QED) is 0.582. The molecule has 0 amide bonds. The predicted octanol–water partition coefficient (Wildman–Crippen LogP) is 3.41. The minimum absolute atomic E-state index is 0.0181. The smallest absolute Gasteiger partial charge is 0.249 e. The average Bonchev–Trinajstić information content (AvgIpc) is 2.18. The maximum absolute atomic E-state index is 13.4. The van der Waals surface area contributed by atoms with E-state index in [4.69, 9.17) is 0 Å². The second-order valence-corrected chi connectivity index (χ2v) is 4.01. The van der Waals surface area contributed by atoms with Gasteiger partial charge in [-0.15, -0.1) is 0 Å². The van der Waals surface area contributed by atoms with Crippen LogP contribution in [0.2, 0.25) is 0 Å². The molecule has 1 rings (SSSR count). The highest BCUT2D eigenvalue weighted by Gasteiger charge is 2.16. The number of halogens is 1. The highest BCUT2D eigenvalue weighted by atomic mass is 19.1. The Bertz CT molecular complexity index is 439. The van der Waals surface area contributed by atoms with Gasteiger partial charge in [0.2, 0.25) is 5.70 Å². The summed E-state index contributed by atoms with van der Waals surface area (Å²) >= 11 is 0. The Hall–Kier alpha value is -1.71. The first-order chi connectivity index (χ1) is 7.41. The van der Waals surface area contributed by atoms with Crippen LogP contribution in [0.4, 0.5) is 4.39 Å². The molecule has 16 heavy (non-hydrogen) atoms. The van der Waals surface area contributed by atoms with Gasteiger partial charge in [-0.1, -0.05) is 25.5 Å².